The van der Waals surface area contributed by atoms with Gasteiger partial charge in [0.2, 0.25) is 21.9 Å². The molecule has 37 heavy (non-hydrogen) atoms. The Kier molecular flexibility index (Phi) is 7.56. The zero-order chi connectivity index (χ0) is 26.8. The van der Waals surface area contributed by atoms with Gasteiger partial charge >= 0.3 is 0 Å². The summed E-state index contributed by atoms with van der Waals surface area (Å²) in [6, 6.07) is 8.68. The number of nitrogens with one attached hydrogen (secondary N) is 3. The molecular formula is C26H34N6O4S. The fourth-order valence-corrected chi connectivity index (χ4v) is 6.04. The Hall–Kier alpha value is -3.44. The zero-order valence-electron chi connectivity index (χ0n) is 21.8. The number of aryl methyl sites for hydroxylation is 1. The van der Waals surface area contributed by atoms with Gasteiger partial charge in [0.15, 0.2) is 0 Å². The first kappa shape index (κ1) is 26.6. The highest BCUT2D eigenvalue weighted by molar-refractivity contribution is 7.89. The molecule has 4 rings (SSSR count). The van der Waals surface area contributed by atoms with Gasteiger partial charge in [-0.2, -0.15) is 0 Å². The summed E-state index contributed by atoms with van der Waals surface area (Å²) in [5.74, 6) is 0.825. The Bertz CT molecular complexity index is 1360. The largest absolute Gasteiger partial charge is 0.495 e. The Balaban J connectivity index is 1.58. The number of nitrogens with zero attached hydrogens (tertiary/aromatic N) is 3. The number of methoxy groups -OCH3 is 1. The number of aromatic nitrogens is 3. The molecule has 0 radical (unpaired) electrons. The highest BCUT2D eigenvalue weighted by atomic mass is 32.2. The zero-order valence-corrected chi connectivity index (χ0v) is 22.6. The van der Waals surface area contributed by atoms with Crippen LogP contribution >= 0.6 is 0 Å². The molecule has 0 saturated carbocycles. The summed E-state index contributed by atoms with van der Waals surface area (Å²) in [5, 5.41) is 3.41. The predicted octanol–water partition coefficient (Wildman–Crippen LogP) is 3.43. The molecule has 1 aromatic carbocycles. The number of H-pyrrole nitrogens is 1. The van der Waals surface area contributed by atoms with Crippen molar-refractivity contribution < 1.29 is 17.9 Å². The minimum atomic E-state index is -3.88. The number of anilines is 1. The molecule has 3 heterocycles. The van der Waals surface area contributed by atoms with Crippen LogP contribution in [-0.4, -0.2) is 60.4 Å². The molecule has 10 nitrogen and oxygen atoms in total. The normalized spacial score (nSPS) is 15.0. The third-order valence-corrected chi connectivity index (χ3v) is 8.24. The molecule has 3 N–H and O–H groups in total. The van der Waals surface area contributed by atoms with Gasteiger partial charge < -0.3 is 19.9 Å². The second kappa shape index (κ2) is 10.5. The van der Waals surface area contributed by atoms with Crippen LogP contribution in [-0.2, 0) is 20.4 Å². The van der Waals surface area contributed by atoms with Gasteiger partial charge in [0.25, 0.3) is 0 Å². The van der Waals surface area contributed by atoms with Crippen molar-refractivity contribution in [3.63, 3.8) is 0 Å². The average Bonchev–Trinajstić information content (AvgIpc) is 3.23. The lowest BCUT2D eigenvalue weighted by molar-refractivity contribution is -0.129. The van der Waals surface area contributed by atoms with Gasteiger partial charge in [0.05, 0.1) is 24.0 Å². The average molecular weight is 527 g/mol. The van der Waals surface area contributed by atoms with Crippen LogP contribution in [0.2, 0.25) is 0 Å². The van der Waals surface area contributed by atoms with E-state index in [1.807, 2.05) is 32.9 Å². The topological polar surface area (TPSA) is 129 Å². The number of ether oxygens (including phenoxy) is 1. The van der Waals surface area contributed by atoms with Crippen LogP contribution in [0.5, 0.6) is 5.75 Å². The SMILES string of the molecule is COc1ccc(-c2[nH]c(NC(C)(C)c3cccnc3)nc2C)cc1S(=O)(=O)NC1CCN(C(C)=O)CC1. The highest BCUT2D eigenvalue weighted by Gasteiger charge is 2.28. The summed E-state index contributed by atoms with van der Waals surface area (Å²) in [7, 11) is -2.43. The van der Waals surface area contributed by atoms with Gasteiger partial charge in [-0.05, 0) is 63.4 Å². The third-order valence-electron chi connectivity index (χ3n) is 6.70. The van der Waals surface area contributed by atoms with Crippen LogP contribution in [0, 0.1) is 6.92 Å². The molecule has 11 heteroatoms. The number of carbonyl (C=O) groups is 1. The summed E-state index contributed by atoms with van der Waals surface area (Å²) >= 11 is 0. The maximum Gasteiger partial charge on any atom is 0.244 e. The number of benzene rings is 1. The van der Waals surface area contributed by atoms with E-state index in [2.05, 4.69) is 25.0 Å². The van der Waals surface area contributed by atoms with Crippen LogP contribution < -0.4 is 14.8 Å². The van der Waals surface area contributed by atoms with Crippen molar-refractivity contribution in [2.75, 3.05) is 25.5 Å². The van der Waals surface area contributed by atoms with E-state index in [0.717, 1.165) is 11.3 Å². The number of imidazole rings is 1. The summed E-state index contributed by atoms with van der Waals surface area (Å²) in [6.07, 6.45) is 4.65. The molecule has 2 aromatic heterocycles. The van der Waals surface area contributed by atoms with Crippen LogP contribution in [0.3, 0.4) is 0 Å². The number of hydrogen-bond donors (Lipinski definition) is 3. The van der Waals surface area contributed by atoms with Gasteiger partial charge in [-0.1, -0.05) is 6.07 Å². The van der Waals surface area contributed by atoms with Crippen molar-refractivity contribution >= 4 is 21.9 Å². The maximum atomic E-state index is 13.4. The molecule has 0 aliphatic carbocycles. The second-order valence-electron chi connectivity index (χ2n) is 9.80. The third kappa shape index (κ3) is 5.94. The minimum Gasteiger partial charge on any atom is -0.495 e. The van der Waals surface area contributed by atoms with Gasteiger partial charge in [-0.25, -0.2) is 18.1 Å². The van der Waals surface area contributed by atoms with Crippen molar-refractivity contribution in [2.24, 2.45) is 0 Å². The number of pyridine rings is 1. The van der Waals surface area contributed by atoms with Crippen molar-refractivity contribution in [2.45, 2.75) is 57.0 Å². The van der Waals surface area contributed by atoms with Gasteiger partial charge in [-0.3, -0.25) is 9.78 Å². The second-order valence-corrected chi connectivity index (χ2v) is 11.5. The fourth-order valence-electron chi connectivity index (χ4n) is 4.54. The van der Waals surface area contributed by atoms with Crippen molar-refractivity contribution in [1.29, 1.82) is 0 Å². The molecule has 198 valence electrons. The number of rotatable bonds is 8. The van der Waals surface area contributed by atoms with E-state index in [9.17, 15) is 13.2 Å². The van der Waals surface area contributed by atoms with Gasteiger partial charge in [0.1, 0.15) is 10.6 Å². The molecule has 0 atom stereocenters. The lowest BCUT2D eigenvalue weighted by atomic mass is 9.96. The first-order valence-corrected chi connectivity index (χ1v) is 13.7. The molecular weight excluding hydrogens is 492 g/mol. The number of carbonyl (C=O) groups excluding carboxylic acids is 1. The van der Waals surface area contributed by atoms with Gasteiger partial charge in [0, 0.05) is 44.0 Å². The molecule has 1 aliphatic heterocycles. The fraction of sp³-hybridized carbons (Fsp3) is 0.423. The molecule has 0 spiro atoms. The number of sulfonamides is 1. The van der Waals surface area contributed by atoms with Crippen LogP contribution in [0.1, 0.15) is 44.9 Å². The summed E-state index contributed by atoms with van der Waals surface area (Å²) in [6.45, 7) is 8.52. The van der Waals surface area contributed by atoms with Gasteiger partial charge in [-0.15, -0.1) is 0 Å². The van der Waals surface area contributed by atoms with Crippen LogP contribution in [0.15, 0.2) is 47.6 Å². The van der Waals surface area contributed by atoms with E-state index in [-0.39, 0.29) is 22.6 Å². The molecule has 1 saturated heterocycles. The first-order valence-electron chi connectivity index (χ1n) is 12.2. The molecule has 1 aliphatic rings. The Morgan fingerprint density at radius 2 is 1.95 bits per heavy atom. The Morgan fingerprint density at radius 3 is 2.57 bits per heavy atom. The lowest BCUT2D eigenvalue weighted by Gasteiger charge is -2.31. The molecule has 3 aromatic rings. The van der Waals surface area contributed by atoms with Crippen molar-refractivity contribution in [3.8, 4) is 17.0 Å². The summed E-state index contributed by atoms with van der Waals surface area (Å²) < 4.78 is 35.0. The molecule has 1 amide bonds. The number of aromatic amines is 1. The van der Waals surface area contributed by atoms with Crippen LogP contribution in [0.25, 0.3) is 11.3 Å². The summed E-state index contributed by atoms with van der Waals surface area (Å²) in [4.78, 5) is 25.5. The number of amides is 1. The van der Waals surface area contributed by atoms with Crippen molar-refractivity contribution in [1.82, 2.24) is 24.6 Å². The van der Waals surface area contributed by atoms with E-state index in [1.54, 1.807) is 35.5 Å². The standard InChI is InChI=1S/C26H34N6O4S/c1-17-24(29-25(28-17)30-26(3,4)20-7-6-12-27-16-20)19-8-9-22(36-5)23(15-19)37(34,35)31-21-10-13-32(14-11-21)18(2)33/h6-9,12,15-16,21,31H,10-11,13-14H2,1-5H3,(H2,28,29,30). The van der Waals surface area contributed by atoms with Crippen molar-refractivity contribution in [3.05, 3.63) is 54.0 Å². The smallest absolute Gasteiger partial charge is 0.244 e. The minimum absolute atomic E-state index is 0.00304. The van der Waals surface area contributed by atoms with Crippen LogP contribution in [0.4, 0.5) is 5.95 Å². The van der Waals surface area contributed by atoms with E-state index in [4.69, 9.17) is 4.74 Å². The number of piperidine rings is 1. The number of hydrogen-bond acceptors (Lipinski definition) is 7. The first-order chi connectivity index (χ1) is 17.5. The van der Waals surface area contributed by atoms with E-state index < -0.39 is 15.6 Å². The maximum absolute atomic E-state index is 13.4. The Labute approximate surface area is 217 Å². The monoisotopic (exact) mass is 526 g/mol. The number of likely N-dealkylation sites (tertiary alicyclic amines) is 1. The highest BCUT2D eigenvalue weighted by Crippen LogP contribution is 2.33. The lowest BCUT2D eigenvalue weighted by Crippen LogP contribution is -2.45. The predicted molar refractivity (Wildman–Crippen MR) is 142 cm³/mol. The summed E-state index contributed by atoms with van der Waals surface area (Å²) in [5.41, 5.74) is 2.67. The van der Waals surface area contributed by atoms with E-state index >= 15 is 0 Å². The molecule has 0 unspecified atom stereocenters. The van der Waals surface area contributed by atoms with E-state index in [0.29, 0.717) is 43.1 Å². The molecule has 0 bridgehead atoms. The Morgan fingerprint density at radius 1 is 1.22 bits per heavy atom. The quantitative estimate of drug-likeness (QED) is 0.410. The van der Waals surface area contributed by atoms with E-state index in [1.165, 1.54) is 14.0 Å². The molecule has 1 fully saturated rings.